The highest BCUT2D eigenvalue weighted by atomic mass is 16.5. The summed E-state index contributed by atoms with van der Waals surface area (Å²) in [7, 11) is 2.10. The van der Waals surface area contributed by atoms with Crippen LogP contribution < -0.4 is 10.1 Å². The number of carbonyl (C=O) groups excluding carboxylic acids is 2. The van der Waals surface area contributed by atoms with Gasteiger partial charge in [0.15, 0.2) is 0 Å². The van der Waals surface area contributed by atoms with E-state index in [1.807, 2.05) is 44.2 Å². The van der Waals surface area contributed by atoms with Gasteiger partial charge in [0.2, 0.25) is 5.91 Å². The van der Waals surface area contributed by atoms with E-state index in [9.17, 15) is 14.7 Å². The lowest BCUT2D eigenvalue weighted by molar-refractivity contribution is -0.115. The van der Waals surface area contributed by atoms with Gasteiger partial charge in [0.25, 0.3) is 5.91 Å². The van der Waals surface area contributed by atoms with E-state index in [4.69, 9.17) is 9.47 Å². The summed E-state index contributed by atoms with van der Waals surface area (Å²) in [5.41, 5.74) is 1.82. The molecule has 2 amide bonds. The van der Waals surface area contributed by atoms with Gasteiger partial charge in [-0.25, -0.2) is 0 Å². The number of benzene rings is 2. The Labute approximate surface area is 246 Å². The molecule has 2 aromatic carbocycles. The number of rotatable bonds is 9. The van der Waals surface area contributed by atoms with Gasteiger partial charge in [-0.15, -0.1) is 0 Å². The quantitative estimate of drug-likeness (QED) is 0.443. The van der Waals surface area contributed by atoms with Crippen molar-refractivity contribution < 1.29 is 24.2 Å². The maximum atomic E-state index is 14.2. The van der Waals surface area contributed by atoms with Gasteiger partial charge >= 0.3 is 0 Å². The normalized spacial score (nSPS) is 21.5. The van der Waals surface area contributed by atoms with Crippen molar-refractivity contribution in [1.82, 2.24) is 9.80 Å². The van der Waals surface area contributed by atoms with Crippen molar-refractivity contribution in [1.29, 1.82) is 0 Å². The van der Waals surface area contributed by atoms with Crippen molar-refractivity contribution in [2.75, 3.05) is 45.2 Å². The van der Waals surface area contributed by atoms with E-state index in [1.54, 1.807) is 23.1 Å². The molecule has 0 bridgehead atoms. The van der Waals surface area contributed by atoms with E-state index in [1.165, 1.54) is 0 Å². The predicted molar refractivity (Wildman–Crippen MR) is 163 cm³/mol. The van der Waals surface area contributed by atoms with E-state index in [2.05, 4.69) is 31.1 Å². The fraction of sp³-hybridized carbons (Fsp3) is 0.576. The van der Waals surface area contributed by atoms with Crippen LogP contribution in [0.15, 0.2) is 48.5 Å². The van der Waals surface area contributed by atoms with E-state index in [0.717, 1.165) is 44.3 Å². The molecular weight excluding hydrogens is 518 g/mol. The molecule has 1 aliphatic heterocycles. The lowest BCUT2D eigenvalue weighted by Crippen LogP contribution is -2.47. The maximum absolute atomic E-state index is 14.2. The summed E-state index contributed by atoms with van der Waals surface area (Å²) in [6.45, 7) is 10.8. The minimum absolute atomic E-state index is 0.0345. The number of fused-ring (bicyclic) bond motifs is 1. The first-order valence-corrected chi connectivity index (χ1v) is 15.1. The Balaban J connectivity index is 1.92. The Morgan fingerprint density at radius 1 is 1.17 bits per heavy atom. The number of aliphatic hydroxyl groups is 1. The van der Waals surface area contributed by atoms with Gasteiger partial charge in [-0.1, -0.05) is 44.2 Å². The van der Waals surface area contributed by atoms with Crippen LogP contribution in [-0.2, 0) is 16.0 Å². The summed E-state index contributed by atoms with van der Waals surface area (Å²) in [5.74, 6) is 0.118. The molecule has 0 saturated heterocycles. The van der Waals surface area contributed by atoms with Gasteiger partial charge < -0.3 is 29.7 Å². The zero-order valence-electron chi connectivity index (χ0n) is 25.5. The third-order valence-corrected chi connectivity index (χ3v) is 7.64. The number of nitrogens with zero attached hydrogens (tertiary/aromatic N) is 2. The molecule has 8 nitrogen and oxygen atoms in total. The van der Waals surface area contributed by atoms with Crippen LogP contribution in [0.1, 0.15) is 69.3 Å². The Morgan fingerprint density at radius 3 is 2.63 bits per heavy atom. The van der Waals surface area contributed by atoms with Gasteiger partial charge in [-0.3, -0.25) is 9.59 Å². The molecule has 0 aliphatic carbocycles. The molecule has 8 heteroatoms. The molecule has 0 aromatic heterocycles. The SMILES string of the molecule is CCCN(C)C[C@H]1OCCCC[C@@H](C)Oc2ccc(NC(=O)Cc3ccccc3)cc2C(=O)N([C@H](C)CO)C[C@H]1C. The number of ether oxygens (including phenoxy) is 2. The fourth-order valence-corrected chi connectivity index (χ4v) is 5.23. The zero-order valence-corrected chi connectivity index (χ0v) is 25.5. The van der Waals surface area contributed by atoms with Crippen LogP contribution in [0.3, 0.4) is 0 Å². The Bertz CT molecular complexity index is 1100. The van der Waals surface area contributed by atoms with Gasteiger partial charge in [0.05, 0.1) is 36.8 Å². The van der Waals surface area contributed by atoms with Crippen LogP contribution in [0.2, 0.25) is 0 Å². The van der Waals surface area contributed by atoms with Crippen molar-refractivity contribution in [3.63, 3.8) is 0 Å². The highest BCUT2D eigenvalue weighted by Gasteiger charge is 2.30. The average molecular weight is 568 g/mol. The molecule has 3 rings (SSSR count). The molecular formula is C33H49N3O5. The summed E-state index contributed by atoms with van der Waals surface area (Å²) >= 11 is 0. The van der Waals surface area contributed by atoms with Crippen LogP contribution in [0, 0.1) is 5.92 Å². The minimum Gasteiger partial charge on any atom is -0.490 e. The molecule has 2 aromatic rings. The average Bonchev–Trinajstić information content (AvgIpc) is 2.95. The fourth-order valence-electron chi connectivity index (χ4n) is 5.23. The summed E-state index contributed by atoms with van der Waals surface area (Å²) in [6, 6.07) is 14.4. The van der Waals surface area contributed by atoms with E-state index in [-0.39, 0.29) is 43.0 Å². The second-order valence-corrected chi connectivity index (χ2v) is 11.5. The Kier molecular flexibility index (Phi) is 13.1. The molecule has 0 fully saturated rings. The van der Waals surface area contributed by atoms with Crippen molar-refractivity contribution in [2.24, 2.45) is 5.92 Å². The van der Waals surface area contributed by atoms with E-state index >= 15 is 0 Å². The summed E-state index contributed by atoms with van der Waals surface area (Å²) in [6.07, 6.45) is 3.87. The first-order chi connectivity index (χ1) is 19.7. The molecule has 2 N–H and O–H groups in total. The topological polar surface area (TPSA) is 91.3 Å². The van der Waals surface area contributed by atoms with Crippen molar-refractivity contribution in [3.8, 4) is 5.75 Å². The third kappa shape index (κ3) is 10.1. The largest absolute Gasteiger partial charge is 0.490 e. The highest BCUT2D eigenvalue weighted by Crippen LogP contribution is 2.28. The van der Waals surface area contributed by atoms with E-state index < -0.39 is 6.04 Å². The molecule has 1 heterocycles. The molecule has 4 atom stereocenters. The predicted octanol–water partition coefficient (Wildman–Crippen LogP) is 5.01. The number of hydrogen-bond donors (Lipinski definition) is 2. The van der Waals surface area contributed by atoms with Gasteiger partial charge in [-0.05, 0) is 76.9 Å². The Hall–Kier alpha value is -2.94. The lowest BCUT2D eigenvalue weighted by atomic mass is 10.0. The van der Waals surface area contributed by atoms with Crippen molar-refractivity contribution in [2.45, 2.75) is 78.0 Å². The minimum atomic E-state index is -0.409. The maximum Gasteiger partial charge on any atom is 0.258 e. The monoisotopic (exact) mass is 567 g/mol. The second kappa shape index (κ2) is 16.5. The number of amides is 2. The zero-order chi connectivity index (χ0) is 29.8. The molecule has 0 unspecified atom stereocenters. The highest BCUT2D eigenvalue weighted by molar-refractivity contribution is 6.00. The van der Waals surface area contributed by atoms with Crippen molar-refractivity contribution >= 4 is 17.5 Å². The number of hydrogen-bond acceptors (Lipinski definition) is 6. The first-order valence-electron chi connectivity index (χ1n) is 15.1. The molecule has 0 saturated carbocycles. The van der Waals surface area contributed by atoms with Crippen LogP contribution in [0.25, 0.3) is 0 Å². The lowest BCUT2D eigenvalue weighted by Gasteiger charge is -2.35. The summed E-state index contributed by atoms with van der Waals surface area (Å²) in [5, 5.41) is 13.1. The molecule has 0 radical (unpaired) electrons. The van der Waals surface area contributed by atoms with Gasteiger partial charge in [0.1, 0.15) is 5.75 Å². The number of nitrogens with one attached hydrogen (secondary N) is 1. The van der Waals surface area contributed by atoms with E-state index in [0.29, 0.717) is 30.2 Å². The van der Waals surface area contributed by atoms with Gasteiger partial charge in [-0.2, -0.15) is 0 Å². The van der Waals surface area contributed by atoms with Crippen LogP contribution in [-0.4, -0.2) is 84.9 Å². The molecule has 41 heavy (non-hydrogen) atoms. The number of aliphatic hydroxyl groups excluding tert-OH is 1. The van der Waals surface area contributed by atoms with Crippen molar-refractivity contribution in [3.05, 3.63) is 59.7 Å². The number of likely N-dealkylation sites (N-methyl/N-ethyl adjacent to an activating group) is 1. The van der Waals surface area contributed by atoms with Crippen LogP contribution in [0.4, 0.5) is 5.69 Å². The van der Waals surface area contributed by atoms with Crippen LogP contribution >= 0.6 is 0 Å². The molecule has 226 valence electrons. The summed E-state index contributed by atoms with van der Waals surface area (Å²) in [4.78, 5) is 31.0. The molecule has 1 aliphatic rings. The van der Waals surface area contributed by atoms with Gasteiger partial charge in [0, 0.05) is 31.3 Å². The molecule has 0 spiro atoms. The van der Waals surface area contributed by atoms with Crippen LogP contribution in [0.5, 0.6) is 5.75 Å². The Morgan fingerprint density at radius 2 is 1.93 bits per heavy atom. The standard InChI is InChI=1S/C33H49N3O5/c1-6-17-35(5)22-31-24(2)21-36(25(3)23-37)33(39)29-20-28(34-32(38)19-27-13-8-7-9-14-27)15-16-30(29)41-26(4)12-10-11-18-40-31/h7-9,13-16,20,24-26,31,37H,6,10-12,17-19,21-23H2,1-5H3,(H,34,38)/t24-,25-,26-,31-/m1/s1. The third-order valence-electron chi connectivity index (χ3n) is 7.64. The second-order valence-electron chi connectivity index (χ2n) is 11.5. The smallest absolute Gasteiger partial charge is 0.258 e. The first kappa shape index (κ1) is 32.6. The summed E-state index contributed by atoms with van der Waals surface area (Å²) < 4.78 is 12.7. The number of anilines is 1. The number of carbonyl (C=O) groups is 2.